The number of aliphatic imine (C=N–C) groups is 1. The molecular weight excluding hydrogens is 455 g/mol. The predicted molar refractivity (Wildman–Crippen MR) is 121 cm³/mol. The lowest BCUT2D eigenvalue weighted by Crippen LogP contribution is -2.24. The summed E-state index contributed by atoms with van der Waals surface area (Å²) in [6.07, 6.45) is 10.7. The van der Waals surface area contributed by atoms with Crippen LogP contribution in [0.3, 0.4) is 0 Å². The number of guanidine groups is 1. The second kappa shape index (κ2) is 9.17. The number of halogens is 1. The lowest BCUT2D eigenvalue weighted by atomic mass is 9.90. The summed E-state index contributed by atoms with van der Waals surface area (Å²) in [5, 5.41) is 4.52. The Balaban J connectivity index is 0.00000196. The van der Waals surface area contributed by atoms with Crippen LogP contribution in [0.2, 0.25) is 0 Å². The number of nitrogens with two attached hydrogens (primary N) is 1. The molecule has 1 aromatic carbocycles. The van der Waals surface area contributed by atoms with Crippen molar-refractivity contribution >= 4 is 47.0 Å². The van der Waals surface area contributed by atoms with E-state index < -0.39 is 0 Å². The Bertz CT molecular complexity index is 761. The van der Waals surface area contributed by atoms with E-state index in [-0.39, 0.29) is 24.0 Å². The van der Waals surface area contributed by atoms with Crippen molar-refractivity contribution in [3.8, 4) is 0 Å². The number of aryl methyl sites for hydroxylation is 3. The molecule has 0 fully saturated rings. The third kappa shape index (κ3) is 4.57. The maximum absolute atomic E-state index is 6.12. The zero-order valence-corrected chi connectivity index (χ0v) is 18.2. The number of aromatic nitrogens is 1. The highest BCUT2D eigenvalue weighted by Gasteiger charge is 2.15. The summed E-state index contributed by atoms with van der Waals surface area (Å²) in [6.45, 7) is 0.695. The number of fused-ring (bicyclic) bond motifs is 2. The molecule has 2 aliphatic carbocycles. The predicted octanol–water partition coefficient (Wildman–Crippen LogP) is 4.49. The number of benzene rings is 1. The summed E-state index contributed by atoms with van der Waals surface area (Å²) in [7, 11) is 0. The average molecular weight is 482 g/mol. The molecular formula is C20H27IN4S. The van der Waals surface area contributed by atoms with Crippen molar-refractivity contribution in [2.24, 2.45) is 10.7 Å². The minimum atomic E-state index is 0. The highest BCUT2D eigenvalue weighted by molar-refractivity contribution is 14.0. The standard InChI is InChI=1S/C20H26N4S.HI/c21-20(24-16-10-5-7-14-6-1-2-8-15(14)16)22-13-12-19-23-17-9-3-4-11-18(17)25-19;/h5,7,10H,1-4,6,8-9,11-13H2,(H3,21,22,24);1H. The Morgan fingerprint density at radius 1 is 1.12 bits per heavy atom. The molecule has 0 radical (unpaired) electrons. The molecule has 0 aliphatic heterocycles. The van der Waals surface area contributed by atoms with Gasteiger partial charge in [-0.05, 0) is 68.6 Å². The molecule has 140 valence electrons. The van der Waals surface area contributed by atoms with Crippen LogP contribution in [0.25, 0.3) is 0 Å². The van der Waals surface area contributed by atoms with E-state index in [4.69, 9.17) is 10.7 Å². The molecule has 0 amide bonds. The first kappa shape index (κ1) is 19.6. The molecule has 4 rings (SSSR count). The smallest absolute Gasteiger partial charge is 0.193 e. The summed E-state index contributed by atoms with van der Waals surface area (Å²) < 4.78 is 0. The highest BCUT2D eigenvalue weighted by Crippen LogP contribution is 2.28. The van der Waals surface area contributed by atoms with Crippen molar-refractivity contribution in [1.82, 2.24) is 4.98 Å². The van der Waals surface area contributed by atoms with Gasteiger partial charge in [0.1, 0.15) is 0 Å². The van der Waals surface area contributed by atoms with E-state index >= 15 is 0 Å². The number of hydrogen-bond donors (Lipinski definition) is 2. The second-order valence-corrected chi connectivity index (χ2v) is 8.15. The Labute approximate surface area is 176 Å². The van der Waals surface area contributed by atoms with Gasteiger partial charge in [-0.25, -0.2) is 4.98 Å². The van der Waals surface area contributed by atoms with E-state index in [1.807, 2.05) is 11.3 Å². The summed E-state index contributed by atoms with van der Waals surface area (Å²) >= 11 is 1.87. The normalized spacial score (nSPS) is 16.4. The lowest BCUT2D eigenvalue weighted by molar-refractivity contribution is 0.680. The first-order chi connectivity index (χ1) is 12.3. The van der Waals surface area contributed by atoms with E-state index in [1.54, 1.807) is 0 Å². The van der Waals surface area contributed by atoms with Crippen molar-refractivity contribution in [3.63, 3.8) is 0 Å². The SMILES string of the molecule is I.NC(=NCCc1nc2c(s1)CCCC2)Nc1cccc2c1CCCC2. The number of thiazole rings is 1. The quantitative estimate of drug-likeness (QED) is 0.384. The largest absolute Gasteiger partial charge is 0.370 e. The van der Waals surface area contributed by atoms with Gasteiger partial charge in [0.15, 0.2) is 5.96 Å². The molecule has 0 bridgehead atoms. The summed E-state index contributed by atoms with van der Waals surface area (Å²) in [5.41, 5.74) is 11.5. The van der Waals surface area contributed by atoms with Gasteiger partial charge in [-0.15, -0.1) is 35.3 Å². The topological polar surface area (TPSA) is 63.3 Å². The average Bonchev–Trinajstić information content (AvgIpc) is 3.05. The molecule has 1 heterocycles. The molecule has 6 heteroatoms. The van der Waals surface area contributed by atoms with Crippen molar-refractivity contribution < 1.29 is 0 Å². The summed E-state index contributed by atoms with van der Waals surface area (Å²) in [6, 6.07) is 6.46. The number of rotatable bonds is 4. The Morgan fingerprint density at radius 2 is 1.92 bits per heavy atom. The molecule has 0 unspecified atom stereocenters. The van der Waals surface area contributed by atoms with Gasteiger partial charge in [-0.3, -0.25) is 4.99 Å². The molecule has 2 aliphatic rings. The summed E-state index contributed by atoms with van der Waals surface area (Å²) in [5.74, 6) is 0.514. The molecule has 4 nitrogen and oxygen atoms in total. The van der Waals surface area contributed by atoms with E-state index in [1.165, 1.54) is 65.2 Å². The van der Waals surface area contributed by atoms with Crippen molar-refractivity contribution in [2.45, 2.75) is 57.8 Å². The minimum absolute atomic E-state index is 0. The van der Waals surface area contributed by atoms with Gasteiger partial charge in [-0.2, -0.15) is 0 Å². The van der Waals surface area contributed by atoms with Gasteiger partial charge in [0.05, 0.1) is 10.7 Å². The molecule has 2 aromatic rings. The number of nitrogens with one attached hydrogen (secondary N) is 1. The molecule has 0 saturated heterocycles. The fraction of sp³-hybridized carbons (Fsp3) is 0.500. The van der Waals surface area contributed by atoms with Gasteiger partial charge >= 0.3 is 0 Å². The van der Waals surface area contributed by atoms with Crippen LogP contribution in [0.1, 0.15) is 52.4 Å². The van der Waals surface area contributed by atoms with Gasteiger partial charge in [0.25, 0.3) is 0 Å². The monoisotopic (exact) mass is 482 g/mol. The molecule has 0 saturated carbocycles. The van der Waals surface area contributed by atoms with Gasteiger partial charge in [-0.1, -0.05) is 12.1 Å². The third-order valence-electron chi connectivity index (χ3n) is 5.16. The fourth-order valence-electron chi connectivity index (χ4n) is 3.86. The van der Waals surface area contributed by atoms with Crippen LogP contribution < -0.4 is 11.1 Å². The molecule has 3 N–H and O–H groups in total. The van der Waals surface area contributed by atoms with Crippen molar-refractivity contribution in [2.75, 3.05) is 11.9 Å². The van der Waals surface area contributed by atoms with Crippen LogP contribution in [0.15, 0.2) is 23.2 Å². The molecule has 0 atom stereocenters. The summed E-state index contributed by atoms with van der Waals surface area (Å²) in [4.78, 5) is 10.8. The van der Waals surface area contributed by atoms with E-state index in [0.717, 1.165) is 24.9 Å². The van der Waals surface area contributed by atoms with Crippen LogP contribution in [-0.2, 0) is 32.1 Å². The van der Waals surface area contributed by atoms with Crippen LogP contribution >= 0.6 is 35.3 Å². The van der Waals surface area contributed by atoms with Gasteiger partial charge < -0.3 is 11.1 Å². The lowest BCUT2D eigenvalue weighted by Gasteiger charge is -2.19. The first-order valence-electron chi connectivity index (χ1n) is 9.45. The minimum Gasteiger partial charge on any atom is -0.370 e. The Hall–Kier alpha value is -1.15. The first-order valence-corrected chi connectivity index (χ1v) is 10.3. The van der Waals surface area contributed by atoms with Crippen LogP contribution in [-0.4, -0.2) is 17.5 Å². The van der Waals surface area contributed by atoms with Crippen LogP contribution in [0, 0.1) is 0 Å². The molecule has 26 heavy (non-hydrogen) atoms. The molecule has 0 spiro atoms. The zero-order valence-electron chi connectivity index (χ0n) is 15.1. The number of anilines is 1. The molecule has 1 aromatic heterocycles. The highest BCUT2D eigenvalue weighted by atomic mass is 127. The van der Waals surface area contributed by atoms with Crippen LogP contribution in [0.4, 0.5) is 5.69 Å². The van der Waals surface area contributed by atoms with Crippen molar-refractivity contribution in [3.05, 3.63) is 44.9 Å². The maximum Gasteiger partial charge on any atom is 0.193 e. The third-order valence-corrected chi connectivity index (χ3v) is 6.37. The van der Waals surface area contributed by atoms with Gasteiger partial charge in [0, 0.05) is 23.5 Å². The van der Waals surface area contributed by atoms with E-state index in [9.17, 15) is 0 Å². The second-order valence-electron chi connectivity index (χ2n) is 6.98. The van der Waals surface area contributed by atoms with E-state index in [2.05, 4.69) is 28.5 Å². The Kier molecular flexibility index (Phi) is 6.92. The number of hydrogen-bond acceptors (Lipinski definition) is 3. The maximum atomic E-state index is 6.12. The van der Waals surface area contributed by atoms with Crippen molar-refractivity contribution in [1.29, 1.82) is 0 Å². The fourth-order valence-corrected chi connectivity index (χ4v) is 5.01. The van der Waals surface area contributed by atoms with E-state index in [0.29, 0.717) is 12.5 Å². The zero-order chi connectivity index (χ0) is 17.1. The van der Waals surface area contributed by atoms with Crippen LogP contribution in [0.5, 0.6) is 0 Å². The van der Waals surface area contributed by atoms with Gasteiger partial charge in [0.2, 0.25) is 0 Å². The Morgan fingerprint density at radius 3 is 2.81 bits per heavy atom. The number of nitrogens with zero attached hydrogens (tertiary/aromatic N) is 2.